The van der Waals surface area contributed by atoms with Crippen LogP contribution in [0, 0.1) is 0 Å². The first-order valence-electron chi connectivity index (χ1n) is 10.7. The minimum absolute atomic E-state index is 0.0901. The van der Waals surface area contributed by atoms with Crippen molar-refractivity contribution >= 4 is 18.0 Å². The van der Waals surface area contributed by atoms with Gasteiger partial charge >= 0.3 is 18.0 Å². The van der Waals surface area contributed by atoms with Gasteiger partial charge in [-0.15, -0.1) is 0 Å². The quantitative estimate of drug-likeness (QED) is 0.346. The van der Waals surface area contributed by atoms with E-state index in [1.807, 2.05) is 48.5 Å². The molecule has 0 saturated carbocycles. The molecule has 33 heavy (non-hydrogen) atoms. The summed E-state index contributed by atoms with van der Waals surface area (Å²) < 4.78 is 15.7. The Morgan fingerprint density at radius 2 is 1.58 bits per heavy atom. The summed E-state index contributed by atoms with van der Waals surface area (Å²) >= 11 is 0. The second kappa shape index (κ2) is 9.90. The third-order valence-corrected chi connectivity index (χ3v) is 5.34. The fourth-order valence-electron chi connectivity index (χ4n) is 3.90. The van der Waals surface area contributed by atoms with Crippen LogP contribution >= 0.6 is 0 Å². The highest BCUT2D eigenvalue weighted by atomic mass is 16.6. The number of carbonyl (C=O) groups is 3. The van der Waals surface area contributed by atoms with Crippen LogP contribution in [0.15, 0.2) is 61.4 Å². The number of fused-ring (bicyclic) bond motifs is 3. The SMILES string of the molecule is C=COC(=O)[C@H](CC(=O)OC(C)(C)C)N(C)C(=O)OCC1c2ccccc2-c2ccccc21. The van der Waals surface area contributed by atoms with Gasteiger partial charge in [-0.3, -0.25) is 9.69 Å². The van der Waals surface area contributed by atoms with E-state index in [2.05, 4.69) is 6.58 Å². The van der Waals surface area contributed by atoms with E-state index in [0.29, 0.717) is 0 Å². The van der Waals surface area contributed by atoms with Crippen molar-refractivity contribution in [2.75, 3.05) is 13.7 Å². The zero-order chi connectivity index (χ0) is 24.2. The van der Waals surface area contributed by atoms with Crippen molar-refractivity contribution in [3.63, 3.8) is 0 Å². The fraction of sp³-hybridized carbons (Fsp3) is 0.346. The summed E-state index contributed by atoms with van der Waals surface area (Å²) in [5.41, 5.74) is 3.64. The van der Waals surface area contributed by atoms with E-state index in [9.17, 15) is 14.4 Å². The number of hydrogen-bond acceptors (Lipinski definition) is 6. The van der Waals surface area contributed by atoms with Crippen LogP contribution in [0.3, 0.4) is 0 Å². The maximum atomic E-state index is 12.9. The van der Waals surface area contributed by atoms with Gasteiger partial charge in [0.05, 0.1) is 12.7 Å². The largest absolute Gasteiger partial charge is 0.460 e. The summed E-state index contributed by atoms with van der Waals surface area (Å²) in [6, 6.07) is 14.8. The molecule has 0 fully saturated rings. The van der Waals surface area contributed by atoms with Gasteiger partial charge in [0.1, 0.15) is 18.2 Å². The zero-order valence-electron chi connectivity index (χ0n) is 19.4. The molecule has 0 unspecified atom stereocenters. The summed E-state index contributed by atoms with van der Waals surface area (Å²) in [4.78, 5) is 38.7. The lowest BCUT2D eigenvalue weighted by atomic mass is 9.98. The Morgan fingerprint density at radius 1 is 1.03 bits per heavy atom. The van der Waals surface area contributed by atoms with Crippen LogP contribution in [0.5, 0.6) is 0 Å². The Hall–Kier alpha value is -3.61. The molecular weight excluding hydrogens is 422 g/mol. The van der Waals surface area contributed by atoms with Gasteiger partial charge in [0.2, 0.25) is 0 Å². The Kier molecular flexibility index (Phi) is 7.21. The fourth-order valence-corrected chi connectivity index (χ4v) is 3.90. The first-order valence-corrected chi connectivity index (χ1v) is 10.7. The van der Waals surface area contributed by atoms with Crippen LogP contribution in [0.4, 0.5) is 4.79 Å². The van der Waals surface area contributed by atoms with E-state index in [4.69, 9.17) is 14.2 Å². The molecule has 174 valence electrons. The smallest absolute Gasteiger partial charge is 0.410 e. The number of carbonyl (C=O) groups excluding carboxylic acids is 3. The highest BCUT2D eigenvalue weighted by molar-refractivity contribution is 5.86. The molecule has 3 rings (SSSR count). The Balaban J connectivity index is 1.73. The Labute approximate surface area is 193 Å². The first-order chi connectivity index (χ1) is 15.6. The molecule has 1 atom stereocenters. The topological polar surface area (TPSA) is 82.1 Å². The average Bonchev–Trinajstić information content (AvgIpc) is 3.08. The molecule has 2 aromatic rings. The lowest BCUT2D eigenvalue weighted by molar-refractivity contribution is -0.160. The summed E-state index contributed by atoms with van der Waals surface area (Å²) in [5, 5.41) is 0. The van der Waals surface area contributed by atoms with Crippen molar-refractivity contribution in [1.29, 1.82) is 0 Å². The zero-order valence-corrected chi connectivity index (χ0v) is 19.4. The van der Waals surface area contributed by atoms with Gasteiger partial charge in [-0.2, -0.15) is 0 Å². The maximum Gasteiger partial charge on any atom is 0.410 e. The molecule has 7 heteroatoms. The van der Waals surface area contributed by atoms with Crippen LogP contribution < -0.4 is 0 Å². The van der Waals surface area contributed by atoms with Gasteiger partial charge in [0, 0.05) is 13.0 Å². The molecule has 0 spiro atoms. The molecule has 0 bridgehead atoms. The second-order valence-electron chi connectivity index (χ2n) is 8.82. The third-order valence-electron chi connectivity index (χ3n) is 5.34. The minimum atomic E-state index is -1.21. The Morgan fingerprint density at radius 3 is 2.09 bits per heavy atom. The Bertz CT molecular complexity index is 1010. The van der Waals surface area contributed by atoms with Crippen LogP contribution in [-0.2, 0) is 23.8 Å². The molecule has 0 radical (unpaired) electrons. The van der Waals surface area contributed by atoms with Gasteiger partial charge in [0.15, 0.2) is 0 Å². The molecule has 2 aromatic carbocycles. The van der Waals surface area contributed by atoms with Crippen molar-refractivity contribution in [2.45, 2.75) is 44.8 Å². The van der Waals surface area contributed by atoms with E-state index in [1.165, 1.54) is 7.05 Å². The van der Waals surface area contributed by atoms with Crippen molar-refractivity contribution < 1.29 is 28.6 Å². The van der Waals surface area contributed by atoms with Crippen molar-refractivity contribution in [3.8, 4) is 11.1 Å². The molecule has 7 nitrogen and oxygen atoms in total. The van der Waals surface area contributed by atoms with E-state index in [1.54, 1.807) is 20.8 Å². The molecule has 0 saturated heterocycles. The van der Waals surface area contributed by atoms with Crippen LogP contribution in [-0.4, -0.2) is 48.2 Å². The average molecular weight is 452 g/mol. The highest BCUT2D eigenvalue weighted by Gasteiger charge is 2.35. The van der Waals surface area contributed by atoms with Gasteiger partial charge in [0.25, 0.3) is 0 Å². The maximum absolute atomic E-state index is 12.9. The number of benzene rings is 2. The third kappa shape index (κ3) is 5.61. The van der Waals surface area contributed by atoms with Crippen LogP contribution in [0.25, 0.3) is 11.1 Å². The normalized spacial score (nSPS) is 13.3. The van der Waals surface area contributed by atoms with Gasteiger partial charge < -0.3 is 14.2 Å². The van der Waals surface area contributed by atoms with Crippen LogP contribution in [0.1, 0.15) is 44.2 Å². The molecule has 0 N–H and O–H groups in total. The summed E-state index contributed by atoms with van der Waals surface area (Å²) in [5.74, 6) is -1.56. The molecule has 0 aromatic heterocycles. The standard InChI is InChI=1S/C26H29NO6/c1-6-31-24(29)22(15-23(28)33-26(2,3)4)27(5)25(30)32-16-21-19-13-9-7-11-17(19)18-12-8-10-14-20(18)21/h6-14,21-22H,1,15-16H2,2-5H3/t22-/m0/s1. The number of esters is 2. The van der Waals surface area contributed by atoms with E-state index >= 15 is 0 Å². The number of nitrogens with zero attached hydrogens (tertiary/aromatic N) is 1. The molecule has 1 aliphatic carbocycles. The summed E-state index contributed by atoms with van der Waals surface area (Å²) in [7, 11) is 1.39. The number of hydrogen-bond donors (Lipinski definition) is 0. The second-order valence-corrected chi connectivity index (χ2v) is 8.82. The van der Waals surface area contributed by atoms with Crippen molar-refractivity contribution in [1.82, 2.24) is 4.90 Å². The van der Waals surface area contributed by atoms with E-state index in [-0.39, 0.29) is 18.9 Å². The number of rotatable bonds is 7. The molecule has 0 heterocycles. The van der Waals surface area contributed by atoms with Gasteiger partial charge in [-0.05, 0) is 43.0 Å². The molecule has 0 aliphatic heterocycles. The lowest BCUT2D eigenvalue weighted by Gasteiger charge is -2.27. The summed E-state index contributed by atoms with van der Waals surface area (Å²) in [6.45, 7) is 8.61. The van der Waals surface area contributed by atoms with E-state index < -0.39 is 29.7 Å². The predicted molar refractivity (Wildman–Crippen MR) is 123 cm³/mol. The van der Waals surface area contributed by atoms with Gasteiger partial charge in [-0.25, -0.2) is 9.59 Å². The number of ether oxygens (including phenoxy) is 3. The molecular formula is C26H29NO6. The minimum Gasteiger partial charge on any atom is -0.460 e. The lowest BCUT2D eigenvalue weighted by Crippen LogP contribution is -2.45. The van der Waals surface area contributed by atoms with Crippen molar-refractivity contribution in [3.05, 3.63) is 72.5 Å². The van der Waals surface area contributed by atoms with Crippen molar-refractivity contribution in [2.24, 2.45) is 0 Å². The number of likely N-dealkylation sites (N-methyl/N-ethyl adjacent to an activating group) is 1. The molecule has 1 aliphatic rings. The van der Waals surface area contributed by atoms with Gasteiger partial charge in [-0.1, -0.05) is 55.1 Å². The summed E-state index contributed by atoms with van der Waals surface area (Å²) in [6.07, 6.45) is -0.160. The van der Waals surface area contributed by atoms with E-state index in [0.717, 1.165) is 33.4 Å². The number of amides is 1. The predicted octanol–water partition coefficient (Wildman–Crippen LogP) is 4.65. The highest BCUT2D eigenvalue weighted by Crippen LogP contribution is 2.44. The molecule has 1 amide bonds. The monoisotopic (exact) mass is 451 g/mol. The van der Waals surface area contributed by atoms with Crippen LogP contribution in [0.2, 0.25) is 0 Å². The first kappa shape index (κ1) is 24.0.